The smallest absolute Gasteiger partial charge is 0.231 e. The second-order valence-corrected chi connectivity index (χ2v) is 9.64. The Balaban J connectivity index is 1.48. The molecule has 4 heteroatoms. The summed E-state index contributed by atoms with van der Waals surface area (Å²) in [7, 11) is 0. The number of halogens is 2. The van der Waals surface area contributed by atoms with Gasteiger partial charge in [-0.05, 0) is 74.8 Å². The third kappa shape index (κ3) is 5.36. The van der Waals surface area contributed by atoms with E-state index in [1.165, 1.54) is 70.4 Å². The highest BCUT2D eigenvalue weighted by molar-refractivity contribution is 6.44. The minimum absolute atomic E-state index is 0.136. The fraction of sp³-hybridized carbons (Fsp3) is 0.692. The fourth-order valence-electron chi connectivity index (χ4n) is 5.62. The zero-order chi connectivity index (χ0) is 21.7. The van der Waals surface area contributed by atoms with Gasteiger partial charge in [0.1, 0.15) is 0 Å². The number of hydrogen-bond acceptors (Lipinski definition) is 2. The molecule has 0 saturated heterocycles. The maximum atomic E-state index is 14.1. The Labute approximate surface area is 179 Å². The van der Waals surface area contributed by atoms with E-state index in [0.717, 1.165) is 24.7 Å². The molecule has 0 unspecified atom stereocenters. The van der Waals surface area contributed by atoms with Crippen molar-refractivity contribution < 1.29 is 18.4 Å². The summed E-state index contributed by atoms with van der Waals surface area (Å²) in [6.45, 7) is 3.69. The Morgan fingerprint density at radius 1 is 0.867 bits per heavy atom. The van der Waals surface area contributed by atoms with Crippen molar-refractivity contribution in [3.8, 4) is 0 Å². The second-order valence-electron chi connectivity index (χ2n) is 9.64. The van der Waals surface area contributed by atoms with Crippen molar-refractivity contribution in [1.82, 2.24) is 0 Å². The highest BCUT2D eigenvalue weighted by atomic mass is 19.2. The van der Waals surface area contributed by atoms with Gasteiger partial charge in [0.05, 0.1) is 5.56 Å². The number of carbonyl (C=O) groups excluding carboxylic acids is 2. The summed E-state index contributed by atoms with van der Waals surface area (Å²) in [5.41, 5.74) is -0.288. The Bertz CT molecular complexity index is 742. The van der Waals surface area contributed by atoms with Crippen LogP contribution < -0.4 is 0 Å². The molecule has 0 aromatic heterocycles. The molecule has 0 spiro atoms. The van der Waals surface area contributed by atoms with Gasteiger partial charge in [-0.15, -0.1) is 0 Å². The first-order valence-electron chi connectivity index (χ1n) is 12.0. The molecule has 1 aromatic carbocycles. The molecule has 2 fully saturated rings. The number of hydrogen-bond donors (Lipinski definition) is 0. The van der Waals surface area contributed by atoms with Crippen molar-refractivity contribution in [2.75, 3.05) is 0 Å². The summed E-state index contributed by atoms with van der Waals surface area (Å²) in [5, 5.41) is 0. The van der Waals surface area contributed by atoms with Gasteiger partial charge >= 0.3 is 0 Å². The van der Waals surface area contributed by atoms with Crippen LogP contribution in [0.15, 0.2) is 12.1 Å². The maximum Gasteiger partial charge on any atom is 0.231 e. The first kappa shape index (κ1) is 23.1. The van der Waals surface area contributed by atoms with E-state index in [1.54, 1.807) is 0 Å². The molecule has 1 aromatic rings. The minimum Gasteiger partial charge on any atom is -0.290 e. The highest BCUT2D eigenvalue weighted by Crippen LogP contribution is 2.42. The lowest BCUT2D eigenvalue weighted by Crippen LogP contribution is -2.31. The standard InChI is InChI=1S/C26H36F2O2/c1-3-4-5-6-18-8-10-19(11-9-18)20-12-14-21(15-13-20)25(29)26(30)22-16-7-17(2)23(27)24(22)28/h7,16,18-21H,3-6,8-15H2,1-2H3. The zero-order valence-corrected chi connectivity index (χ0v) is 18.5. The Morgan fingerprint density at radius 3 is 2.07 bits per heavy atom. The van der Waals surface area contributed by atoms with Crippen molar-refractivity contribution in [1.29, 1.82) is 0 Å². The van der Waals surface area contributed by atoms with Crippen LogP contribution in [0.5, 0.6) is 0 Å². The van der Waals surface area contributed by atoms with E-state index in [1.807, 2.05) is 0 Å². The first-order chi connectivity index (χ1) is 14.4. The van der Waals surface area contributed by atoms with Crippen molar-refractivity contribution in [2.45, 2.75) is 90.9 Å². The molecule has 2 aliphatic carbocycles. The van der Waals surface area contributed by atoms with Gasteiger partial charge in [0.15, 0.2) is 11.6 Å². The van der Waals surface area contributed by atoms with E-state index in [9.17, 15) is 18.4 Å². The number of Topliss-reactive ketones (excluding diaryl/α,β-unsaturated/α-hetero) is 2. The molecular formula is C26H36F2O2. The average Bonchev–Trinajstić information content (AvgIpc) is 2.77. The predicted molar refractivity (Wildman–Crippen MR) is 115 cm³/mol. The average molecular weight is 419 g/mol. The predicted octanol–water partition coefficient (Wildman–Crippen LogP) is 7.22. The summed E-state index contributed by atoms with van der Waals surface area (Å²) in [5.74, 6) is -1.70. The van der Waals surface area contributed by atoms with Crippen molar-refractivity contribution >= 4 is 11.6 Å². The molecule has 3 rings (SSSR count). The van der Waals surface area contributed by atoms with E-state index >= 15 is 0 Å². The van der Waals surface area contributed by atoms with Crippen LogP contribution in [0.4, 0.5) is 8.78 Å². The van der Waals surface area contributed by atoms with Crippen LogP contribution in [0.1, 0.15) is 99.9 Å². The quantitative estimate of drug-likeness (QED) is 0.254. The van der Waals surface area contributed by atoms with Crippen LogP contribution >= 0.6 is 0 Å². The van der Waals surface area contributed by atoms with Crippen molar-refractivity contribution in [3.05, 3.63) is 34.9 Å². The van der Waals surface area contributed by atoms with Gasteiger partial charge in [0, 0.05) is 5.92 Å². The van der Waals surface area contributed by atoms with E-state index in [0.29, 0.717) is 18.8 Å². The van der Waals surface area contributed by atoms with Gasteiger partial charge in [-0.3, -0.25) is 9.59 Å². The van der Waals surface area contributed by atoms with Crippen LogP contribution in [0.25, 0.3) is 0 Å². The van der Waals surface area contributed by atoms with Gasteiger partial charge in [-0.1, -0.05) is 51.5 Å². The molecule has 0 heterocycles. The largest absolute Gasteiger partial charge is 0.290 e. The third-order valence-electron chi connectivity index (χ3n) is 7.66. The first-order valence-corrected chi connectivity index (χ1v) is 12.0. The molecule has 0 aliphatic heterocycles. The second kappa shape index (κ2) is 10.6. The molecule has 0 radical (unpaired) electrons. The van der Waals surface area contributed by atoms with Crippen LogP contribution in [-0.2, 0) is 4.79 Å². The van der Waals surface area contributed by atoms with Gasteiger partial charge in [-0.25, -0.2) is 8.78 Å². The number of ketones is 2. The molecule has 0 atom stereocenters. The molecule has 2 nitrogen and oxygen atoms in total. The Hall–Kier alpha value is -1.58. The lowest BCUT2D eigenvalue weighted by Gasteiger charge is -2.37. The fourth-order valence-corrected chi connectivity index (χ4v) is 5.62. The van der Waals surface area contributed by atoms with E-state index in [2.05, 4.69) is 6.92 Å². The Morgan fingerprint density at radius 2 is 1.47 bits per heavy atom. The van der Waals surface area contributed by atoms with Crippen molar-refractivity contribution in [3.63, 3.8) is 0 Å². The summed E-state index contributed by atoms with van der Waals surface area (Å²) in [6, 6.07) is 2.59. The van der Waals surface area contributed by atoms with Gasteiger partial charge in [0.25, 0.3) is 0 Å². The zero-order valence-electron chi connectivity index (χ0n) is 18.5. The molecule has 2 aliphatic rings. The topological polar surface area (TPSA) is 34.1 Å². The molecule has 0 amide bonds. The summed E-state index contributed by atoms with van der Waals surface area (Å²) in [4.78, 5) is 25.2. The van der Waals surface area contributed by atoms with E-state index < -0.39 is 28.8 Å². The van der Waals surface area contributed by atoms with Crippen LogP contribution in [0, 0.1) is 42.2 Å². The van der Waals surface area contributed by atoms with E-state index in [-0.39, 0.29) is 11.5 Å². The van der Waals surface area contributed by atoms with Gasteiger partial charge in [-0.2, -0.15) is 0 Å². The molecule has 2 saturated carbocycles. The Kier molecular flexibility index (Phi) is 8.19. The molecule has 30 heavy (non-hydrogen) atoms. The number of rotatable bonds is 8. The molecule has 0 bridgehead atoms. The van der Waals surface area contributed by atoms with Crippen LogP contribution in [0.3, 0.4) is 0 Å². The minimum atomic E-state index is -1.20. The lowest BCUT2D eigenvalue weighted by molar-refractivity contribution is -0.120. The number of unbranched alkanes of at least 4 members (excludes halogenated alkanes) is 2. The van der Waals surface area contributed by atoms with Gasteiger partial charge in [0.2, 0.25) is 11.6 Å². The summed E-state index contributed by atoms with van der Waals surface area (Å²) < 4.78 is 27.9. The number of carbonyl (C=O) groups is 2. The van der Waals surface area contributed by atoms with Crippen LogP contribution in [0.2, 0.25) is 0 Å². The SMILES string of the molecule is CCCCCC1CCC(C2CCC(C(=O)C(=O)c3ccc(C)c(F)c3F)CC2)CC1. The molecular weight excluding hydrogens is 382 g/mol. The highest BCUT2D eigenvalue weighted by Gasteiger charge is 2.35. The maximum absolute atomic E-state index is 14.1. The monoisotopic (exact) mass is 418 g/mol. The van der Waals surface area contributed by atoms with Crippen LogP contribution in [-0.4, -0.2) is 11.6 Å². The number of benzene rings is 1. The molecule has 166 valence electrons. The third-order valence-corrected chi connectivity index (χ3v) is 7.66. The number of aryl methyl sites for hydroxylation is 1. The summed E-state index contributed by atoms with van der Waals surface area (Å²) in [6.07, 6.45) is 14.0. The van der Waals surface area contributed by atoms with Crippen molar-refractivity contribution in [2.24, 2.45) is 23.7 Å². The normalized spacial score (nSPS) is 27.1. The summed E-state index contributed by atoms with van der Waals surface area (Å²) >= 11 is 0. The molecule has 0 N–H and O–H groups in total. The lowest BCUT2D eigenvalue weighted by atomic mass is 9.68. The van der Waals surface area contributed by atoms with Gasteiger partial charge < -0.3 is 0 Å². The van der Waals surface area contributed by atoms with E-state index in [4.69, 9.17) is 0 Å².